The van der Waals surface area contributed by atoms with Crippen LogP contribution in [0.2, 0.25) is 0 Å². The van der Waals surface area contributed by atoms with Crippen LogP contribution < -0.4 is 5.32 Å². The molecular weight excluding hydrogens is 227 g/mol. The number of nitrogens with one attached hydrogen (secondary N) is 1. The average molecular weight is 244 g/mol. The summed E-state index contributed by atoms with van der Waals surface area (Å²) < 4.78 is 13.0. The summed E-state index contributed by atoms with van der Waals surface area (Å²) in [5, 5.41) is 3.30. The molecule has 0 aliphatic carbocycles. The highest BCUT2D eigenvalue weighted by atomic mass is 19.1. The van der Waals surface area contributed by atoms with Gasteiger partial charge in [0.1, 0.15) is 11.6 Å². The highest BCUT2D eigenvalue weighted by molar-refractivity contribution is 5.42. The first-order chi connectivity index (χ1) is 8.66. The normalized spacial score (nSPS) is 10.4. The number of hydrogen-bond acceptors (Lipinski definition) is 2. The van der Waals surface area contributed by atoms with Crippen LogP contribution >= 0.6 is 0 Å². The molecule has 0 saturated carbocycles. The summed E-state index contributed by atoms with van der Waals surface area (Å²) in [6.07, 6.45) is 2.64. The molecule has 0 unspecified atom stereocenters. The van der Waals surface area contributed by atoms with Gasteiger partial charge < -0.3 is 5.32 Å². The molecule has 1 aromatic carbocycles. The fourth-order valence-electron chi connectivity index (χ4n) is 1.93. The number of anilines is 1. The van der Waals surface area contributed by atoms with Crippen LogP contribution in [0.15, 0.2) is 36.5 Å². The lowest BCUT2D eigenvalue weighted by atomic mass is 10.1. The van der Waals surface area contributed by atoms with Gasteiger partial charge in [-0.15, -0.1) is 0 Å². The van der Waals surface area contributed by atoms with Crippen molar-refractivity contribution in [2.24, 2.45) is 0 Å². The van der Waals surface area contributed by atoms with Crippen LogP contribution in [0.25, 0.3) is 0 Å². The fourth-order valence-corrected chi connectivity index (χ4v) is 1.93. The maximum absolute atomic E-state index is 13.0. The summed E-state index contributed by atoms with van der Waals surface area (Å²) in [5.41, 5.74) is 3.29. The molecule has 0 aliphatic rings. The van der Waals surface area contributed by atoms with Gasteiger partial charge >= 0.3 is 0 Å². The van der Waals surface area contributed by atoms with Gasteiger partial charge in [-0.25, -0.2) is 9.37 Å². The van der Waals surface area contributed by atoms with Crippen LogP contribution in [0.5, 0.6) is 0 Å². The third-order valence-corrected chi connectivity index (χ3v) is 3.00. The van der Waals surface area contributed by atoms with Gasteiger partial charge in [0.25, 0.3) is 0 Å². The molecule has 0 fully saturated rings. The SMILES string of the molecule is Cc1cc(F)ccc1CCNc1ncccc1C. The highest BCUT2D eigenvalue weighted by Gasteiger charge is 2.01. The van der Waals surface area contributed by atoms with Crippen molar-refractivity contribution in [3.63, 3.8) is 0 Å². The molecule has 2 rings (SSSR count). The third kappa shape index (κ3) is 3.06. The molecule has 1 aromatic heterocycles. The molecular formula is C15H17FN2. The minimum Gasteiger partial charge on any atom is -0.370 e. The zero-order chi connectivity index (χ0) is 13.0. The quantitative estimate of drug-likeness (QED) is 0.890. The second-order valence-corrected chi connectivity index (χ2v) is 4.42. The Bertz CT molecular complexity index is 538. The summed E-state index contributed by atoms with van der Waals surface area (Å²) in [6.45, 7) is 4.76. The summed E-state index contributed by atoms with van der Waals surface area (Å²) in [6, 6.07) is 8.87. The van der Waals surface area contributed by atoms with Crippen molar-refractivity contribution < 1.29 is 4.39 Å². The van der Waals surface area contributed by atoms with Gasteiger partial charge in [0.05, 0.1) is 0 Å². The van der Waals surface area contributed by atoms with Gasteiger partial charge in [-0.3, -0.25) is 0 Å². The molecule has 0 radical (unpaired) electrons. The number of rotatable bonds is 4. The molecule has 3 heteroatoms. The molecule has 94 valence electrons. The molecule has 0 aliphatic heterocycles. The number of aryl methyl sites for hydroxylation is 2. The Balaban J connectivity index is 1.95. The van der Waals surface area contributed by atoms with Crippen LogP contribution in [0.3, 0.4) is 0 Å². The zero-order valence-corrected chi connectivity index (χ0v) is 10.7. The summed E-state index contributed by atoms with van der Waals surface area (Å²) in [5.74, 6) is 0.738. The van der Waals surface area contributed by atoms with E-state index in [2.05, 4.69) is 10.3 Å². The number of hydrogen-bond donors (Lipinski definition) is 1. The molecule has 2 aromatic rings. The van der Waals surface area contributed by atoms with E-state index in [-0.39, 0.29) is 5.82 Å². The Hall–Kier alpha value is -1.90. The van der Waals surface area contributed by atoms with Crippen molar-refractivity contribution in [3.8, 4) is 0 Å². The van der Waals surface area contributed by atoms with Crippen LogP contribution in [-0.4, -0.2) is 11.5 Å². The Kier molecular flexibility index (Phi) is 3.92. The highest BCUT2D eigenvalue weighted by Crippen LogP contribution is 2.12. The molecule has 0 amide bonds. The largest absolute Gasteiger partial charge is 0.370 e. The fraction of sp³-hybridized carbons (Fsp3) is 0.267. The Morgan fingerprint density at radius 3 is 2.72 bits per heavy atom. The summed E-state index contributed by atoms with van der Waals surface area (Å²) >= 11 is 0. The van der Waals surface area contributed by atoms with Gasteiger partial charge in [0.2, 0.25) is 0 Å². The summed E-state index contributed by atoms with van der Waals surface area (Å²) in [4.78, 5) is 4.27. The first-order valence-corrected chi connectivity index (χ1v) is 6.07. The van der Waals surface area contributed by atoms with Crippen molar-refractivity contribution >= 4 is 5.82 Å². The summed E-state index contributed by atoms with van der Waals surface area (Å²) in [7, 11) is 0. The van der Waals surface area contributed by atoms with Crippen LogP contribution in [-0.2, 0) is 6.42 Å². The number of benzene rings is 1. The van der Waals surface area contributed by atoms with E-state index in [1.54, 1.807) is 12.3 Å². The van der Waals surface area contributed by atoms with Gasteiger partial charge in [0.15, 0.2) is 0 Å². The predicted molar refractivity (Wildman–Crippen MR) is 72.3 cm³/mol. The van der Waals surface area contributed by atoms with E-state index in [9.17, 15) is 4.39 Å². The number of pyridine rings is 1. The maximum atomic E-state index is 13.0. The van der Waals surface area contributed by atoms with Gasteiger partial charge in [-0.1, -0.05) is 12.1 Å². The van der Waals surface area contributed by atoms with Gasteiger partial charge in [0, 0.05) is 12.7 Å². The van der Waals surface area contributed by atoms with Crippen molar-refractivity contribution in [2.45, 2.75) is 20.3 Å². The van der Waals surface area contributed by atoms with Crippen LogP contribution in [0, 0.1) is 19.7 Å². The lowest BCUT2D eigenvalue weighted by molar-refractivity contribution is 0.625. The van der Waals surface area contributed by atoms with Crippen LogP contribution in [0.1, 0.15) is 16.7 Å². The van der Waals surface area contributed by atoms with Crippen molar-refractivity contribution in [1.29, 1.82) is 0 Å². The maximum Gasteiger partial charge on any atom is 0.128 e. The van der Waals surface area contributed by atoms with E-state index >= 15 is 0 Å². The van der Waals surface area contributed by atoms with Crippen molar-refractivity contribution in [1.82, 2.24) is 4.98 Å². The lowest BCUT2D eigenvalue weighted by Gasteiger charge is -2.09. The minimum absolute atomic E-state index is 0.176. The zero-order valence-electron chi connectivity index (χ0n) is 10.7. The second kappa shape index (κ2) is 5.63. The Labute approximate surface area is 107 Å². The van der Waals surface area contributed by atoms with Gasteiger partial charge in [-0.2, -0.15) is 0 Å². The van der Waals surface area contributed by atoms with Crippen molar-refractivity contribution in [2.75, 3.05) is 11.9 Å². The van der Waals surface area contributed by atoms with Gasteiger partial charge in [-0.05, 0) is 55.2 Å². The third-order valence-electron chi connectivity index (χ3n) is 3.00. The topological polar surface area (TPSA) is 24.9 Å². The number of aromatic nitrogens is 1. The smallest absolute Gasteiger partial charge is 0.128 e. The minimum atomic E-state index is -0.176. The Morgan fingerprint density at radius 2 is 2.00 bits per heavy atom. The predicted octanol–water partition coefficient (Wildman–Crippen LogP) is 3.49. The van der Waals surface area contributed by atoms with E-state index in [1.165, 1.54) is 6.07 Å². The standard InChI is InChI=1S/C15H17FN2/c1-11-4-3-8-17-15(11)18-9-7-13-5-6-14(16)10-12(13)2/h3-6,8,10H,7,9H2,1-2H3,(H,17,18). The van der Waals surface area contributed by atoms with E-state index in [0.717, 1.165) is 35.5 Å². The molecule has 18 heavy (non-hydrogen) atoms. The molecule has 1 N–H and O–H groups in total. The first-order valence-electron chi connectivity index (χ1n) is 6.07. The number of nitrogens with zero attached hydrogens (tertiary/aromatic N) is 1. The monoisotopic (exact) mass is 244 g/mol. The molecule has 0 bridgehead atoms. The lowest BCUT2D eigenvalue weighted by Crippen LogP contribution is -2.08. The molecule has 0 saturated heterocycles. The molecule has 0 atom stereocenters. The number of halogens is 1. The first kappa shape index (κ1) is 12.6. The second-order valence-electron chi connectivity index (χ2n) is 4.42. The van der Waals surface area contributed by atoms with Crippen molar-refractivity contribution in [3.05, 3.63) is 59.0 Å². The van der Waals surface area contributed by atoms with Crippen LogP contribution in [0.4, 0.5) is 10.2 Å². The molecule has 2 nitrogen and oxygen atoms in total. The average Bonchev–Trinajstić information content (AvgIpc) is 2.34. The Morgan fingerprint density at radius 1 is 1.17 bits per heavy atom. The van der Waals surface area contributed by atoms with E-state index < -0.39 is 0 Å². The molecule has 1 heterocycles. The van der Waals surface area contributed by atoms with E-state index in [4.69, 9.17) is 0 Å². The van der Waals surface area contributed by atoms with E-state index in [1.807, 2.05) is 32.0 Å². The van der Waals surface area contributed by atoms with E-state index in [0.29, 0.717) is 0 Å². The molecule has 0 spiro atoms.